The van der Waals surface area contributed by atoms with Gasteiger partial charge in [0.2, 0.25) is 11.8 Å². The minimum atomic E-state index is -0.393. The maximum absolute atomic E-state index is 13.0. The molecule has 1 saturated heterocycles. The van der Waals surface area contributed by atoms with Gasteiger partial charge in [-0.3, -0.25) is 9.59 Å². The van der Waals surface area contributed by atoms with E-state index in [2.05, 4.69) is 17.1 Å². The molecule has 0 N–H and O–H groups in total. The fourth-order valence-corrected chi connectivity index (χ4v) is 3.71. The molecule has 1 aliphatic heterocycles. The van der Waals surface area contributed by atoms with Gasteiger partial charge in [0.25, 0.3) is 0 Å². The second-order valence-corrected chi connectivity index (χ2v) is 7.19. The van der Waals surface area contributed by atoms with Gasteiger partial charge in [0, 0.05) is 19.6 Å². The van der Waals surface area contributed by atoms with Crippen LogP contribution >= 0.6 is 0 Å². The number of para-hydroxylation sites is 2. The molecule has 4 rings (SSSR count). The largest absolute Gasteiger partial charge is 0.339 e. The molecule has 144 valence electrons. The molecular formula is C22H24N4O2. The minimum absolute atomic E-state index is 0.0122. The summed E-state index contributed by atoms with van der Waals surface area (Å²) in [6.07, 6.45) is 2.53. The Morgan fingerprint density at radius 3 is 2.61 bits per heavy atom. The summed E-state index contributed by atoms with van der Waals surface area (Å²) < 4.78 is 1.88. The summed E-state index contributed by atoms with van der Waals surface area (Å²) in [5.74, 6) is -0.0302. The van der Waals surface area contributed by atoms with Gasteiger partial charge >= 0.3 is 0 Å². The lowest BCUT2D eigenvalue weighted by Crippen LogP contribution is -2.53. The van der Waals surface area contributed by atoms with Crippen LogP contribution in [0, 0.1) is 0 Å². The first-order valence-electron chi connectivity index (χ1n) is 9.65. The van der Waals surface area contributed by atoms with Crippen LogP contribution in [0.3, 0.4) is 0 Å². The Bertz CT molecular complexity index is 982. The van der Waals surface area contributed by atoms with Gasteiger partial charge in [-0.25, -0.2) is 4.98 Å². The molecule has 28 heavy (non-hydrogen) atoms. The van der Waals surface area contributed by atoms with E-state index < -0.39 is 6.04 Å². The first-order chi connectivity index (χ1) is 13.6. The number of imidazole rings is 1. The highest BCUT2D eigenvalue weighted by Gasteiger charge is 2.30. The molecule has 0 spiro atoms. The van der Waals surface area contributed by atoms with Gasteiger partial charge in [-0.05, 0) is 31.0 Å². The third-order valence-electron chi connectivity index (χ3n) is 5.40. The zero-order valence-electron chi connectivity index (χ0n) is 16.0. The minimum Gasteiger partial charge on any atom is -0.339 e. The Balaban J connectivity index is 1.38. The van der Waals surface area contributed by atoms with E-state index in [9.17, 15) is 9.59 Å². The zero-order chi connectivity index (χ0) is 19.5. The average Bonchev–Trinajstić information content (AvgIpc) is 3.16. The highest BCUT2D eigenvalue weighted by atomic mass is 16.2. The summed E-state index contributed by atoms with van der Waals surface area (Å²) in [5, 5.41) is 0. The molecule has 2 heterocycles. The summed E-state index contributed by atoms with van der Waals surface area (Å²) in [4.78, 5) is 33.4. The van der Waals surface area contributed by atoms with Gasteiger partial charge in [-0.1, -0.05) is 42.5 Å². The zero-order valence-corrected chi connectivity index (χ0v) is 16.0. The molecule has 0 radical (unpaired) electrons. The first kappa shape index (κ1) is 18.2. The van der Waals surface area contributed by atoms with E-state index in [1.165, 1.54) is 5.56 Å². The van der Waals surface area contributed by atoms with E-state index in [1.54, 1.807) is 11.2 Å². The fourth-order valence-electron chi connectivity index (χ4n) is 3.71. The van der Waals surface area contributed by atoms with Crippen LogP contribution in [0.1, 0.15) is 18.5 Å². The summed E-state index contributed by atoms with van der Waals surface area (Å²) in [7, 11) is 0. The number of carbonyl (C=O) groups is 2. The number of benzene rings is 2. The van der Waals surface area contributed by atoms with Crippen molar-refractivity contribution >= 4 is 22.8 Å². The third-order valence-corrected chi connectivity index (χ3v) is 5.40. The topological polar surface area (TPSA) is 58.4 Å². The van der Waals surface area contributed by atoms with Gasteiger partial charge in [-0.2, -0.15) is 0 Å². The van der Waals surface area contributed by atoms with E-state index in [1.807, 2.05) is 58.9 Å². The van der Waals surface area contributed by atoms with Gasteiger partial charge in [0.15, 0.2) is 0 Å². The predicted octanol–water partition coefficient (Wildman–Crippen LogP) is 2.51. The molecule has 1 fully saturated rings. The molecule has 2 aromatic carbocycles. The first-order valence-corrected chi connectivity index (χ1v) is 9.65. The lowest BCUT2D eigenvalue weighted by atomic mass is 10.1. The molecule has 1 aliphatic rings. The number of piperazine rings is 1. The molecule has 1 aromatic heterocycles. The summed E-state index contributed by atoms with van der Waals surface area (Å²) in [6.45, 7) is 3.84. The van der Waals surface area contributed by atoms with Crippen molar-refractivity contribution in [1.82, 2.24) is 19.4 Å². The van der Waals surface area contributed by atoms with Crippen LogP contribution < -0.4 is 0 Å². The summed E-state index contributed by atoms with van der Waals surface area (Å²) >= 11 is 0. The number of rotatable bonds is 5. The van der Waals surface area contributed by atoms with Crippen molar-refractivity contribution in [2.75, 3.05) is 26.2 Å². The Morgan fingerprint density at radius 2 is 1.82 bits per heavy atom. The quantitative estimate of drug-likeness (QED) is 0.688. The van der Waals surface area contributed by atoms with Crippen molar-refractivity contribution in [2.24, 2.45) is 0 Å². The van der Waals surface area contributed by atoms with Crippen LogP contribution in [0.4, 0.5) is 0 Å². The molecule has 0 saturated carbocycles. The highest BCUT2D eigenvalue weighted by molar-refractivity contribution is 5.89. The van der Waals surface area contributed by atoms with Gasteiger partial charge < -0.3 is 14.4 Å². The van der Waals surface area contributed by atoms with Crippen LogP contribution in [0.5, 0.6) is 0 Å². The maximum Gasteiger partial charge on any atom is 0.245 e. The van der Waals surface area contributed by atoms with Crippen LogP contribution in [0.15, 0.2) is 60.9 Å². The summed E-state index contributed by atoms with van der Waals surface area (Å²) in [6, 6.07) is 17.5. The number of nitrogens with zero attached hydrogens (tertiary/aromatic N) is 4. The molecule has 2 amide bonds. The molecule has 3 aromatic rings. The van der Waals surface area contributed by atoms with Gasteiger partial charge in [0.05, 0.1) is 23.9 Å². The van der Waals surface area contributed by atoms with E-state index in [0.29, 0.717) is 19.6 Å². The molecule has 0 bridgehead atoms. The number of fused-ring (bicyclic) bond motifs is 1. The number of carbonyl (C=O) groups excluding carboxylic acids is 2. The summed E-state index contributed by atoms with van der Waals surface area (Å²) in [5.41, 5.74) is 3.01. The molecule has 0 aliphatic carbocycles. The van der Waals surface area contributed by atoms with Crippen LogP contribution in [0.2, 0.25) is 0 Å². The van der Waals surface area contributed by atoms with Gasteiger partial charge in [0.1, 0.15) is 6.04 Å². The molecule has 6 heteroatoms. The molecular weight excluding hydrogens is 352 g/mol. The Labute approximate surface area is 164 Å². The third kappa shape index (κ3) is 3.63. The van der Waals surface area contributed by atoms with Crippen LogP contribution in [-0.4, -0.2) is 57.3 Å². The fraction of sp³-hybridized carbons (Fsp3) is 0.318. The number of hydrogen-bond donors (Lipinski definition) is 0. The van der Waals surface area contributed by atoms with E-state index in [0.717, 1.165) is 17.5 Å². The predicted molar refractivity (Wildman–Crippen MR) is 108 cm³/mol. The number of amides is 2. The van der Waals surface area contributed by atoms with Crippen molar-refractivity contribution in [3.8, 4) is 0 Å². The lowest BCUT2D eigenvalue weighted by Gasteiger charge is -2.35. The van der Waals surface area contributed by atoms with Crippen LogP contribution in [0.25, 0.3) is 11.0 Å². The number of hydrogen-bond acceptors (Lipinski definition) is 3. The van der Waals surface area contributed by atoms with Crippen LogP contribution in [-0.2, 0) is 16.0 Å². The van der Waals surface area contributed by atoms with Crippen molar-refractivity contribution < 1.29 is 9.59 Å². The Morgan fingerprint density at radius 1 is 1.07 bits per heavy atom. The lowest BCUT2D eigenvalue weighted by molar-refractivity contribution is -0.146. The van der Waals surface area contributed by atoms with E-state index in [4.69, 9.17) is 0 Å². The maximum atomic E-state index is 13.0. The van der Waals surface area contributed by atoms with Crippen molar-refractivity contribution in [2.45, 2.75) is 19.4 Å². The van der Waals surface area contributed by atoms with Crippen molar-refractivity contribution in [3.63, 3.8) is 0 Å². The SMILES string of the molecule is CC(C(=O)N1CCN(CCc2ccccc2)C(=O)C1)n1cnc2ccccc21. The van der Waals surface area contributed by atoms with Crippen molar-refractivity contribution in [3.05, 3.63) is 66.5 Å². The monoisotopic (exact) mass is 376 g/mol. The van der Waals surface area contributed by atoms with Gasteiger partial charge in [-0.15, -0.1) is 0 Å². The van der Waals surface area contributed by atoms with E-state index in [-0.39, 0.29) is 18.4 Å². The Hall–Kier alpha value is -3.15. The van der Waals surface area contributed by atoms with E-state index >= 15 is 0 Å². The standard InChI is InChI=1S/C22H24N4O2/c1-17(26-16-23-19-9-5-6-10-20(19)26)22(28)25-14-13-24(21(27)15-25)12-11-18-7-3-2-4-8-18/h2-10,16-17H,11-15H2,1H3. The second kappa shape index (κ2) is 7.84. The molecule has 6 nitrogen and oxygen atoms in total. The average molecular weight is 376 g/mol. The van der Waals surface area contributed by atoms with Crippen molar-refractivity contribution in [1.29, 1.82) is 0 Å². The molecule has 1 atom stereocenters. The molecule has 1 unspecified atom stereocenters. The normalized spacial score (nSPS) is 15.8. The highest BCUT2D eigenvalue weighted by Crippen LogP contribution is 2.20. The second-order valence-electron chi connectivity index (χ2n) is 7.19. The smallest absolute Gasteiger partial charge is 0.245 e. The Kier molecular flexibility index (Phi) is 5.10. The number of aromatic nitrogens is 2.